The topological polar surface area (TPSA) is 99.6 Å². The number of hydrogen-bond donors (Lipinski definition) is 2. The van der Waals surface area contributed by atoms with Crippen LogP contribution in [-0.2, 0) is 20.4 Å². The number of sulfone groups is 1. The van der Waals surface area contributed by atoms with Crippen molar-refractivity contribution in [2.24, 2.45) is 0 Å². The van der Waals surface area contributed by atoms with E-state index in [1.165, 1.54) is 11.3 Å². The number of thiazole rings is 1. The smallest absolute Gasteiger partial charge is 0.238 e. The molecule has 0 saturated heterocycles. The minimum atomic E-state index is -3.54. The number of nitrogens with one attached hydrogen (secondary N) is 1. The van der Waals surface area contributed by atoms with Gasteiger partial charge in [0.2, 0.25) is 5.91 Å². The molecule has 0 spiro atoms. The third-order valence-electron chi connectivity index (χ3n) is 5.44. The molecule has 3 aromatic rings. The Morgan fingerprint density at radius 1 is 1.12 bits per heavy atom. The first-order valence-electron chi connectivity index (χ1n) is 10.9. The highest BCUT2D eigenvalue weighted by molar-refractivity contribution is 7.90. The van der Waals surface area contributed by atoms with E-state index >= 15 is 0 Å². The normalized spacial score (nSPS) is 14.8. The van der Waals surface area contributed by atoms with Gasteiger partial charge in [0.05, 0.1) is 27.8 Å². The van der Waals surface area contributed by atoms with Gasteiger partial charge in [-0.05, 0) is 38.2 Å². The number of benzene rings is 2. The lowest BCUT2D eigenvalue weighted by Crippen LogP contribution is -2.51. The van der Waals surface area contributed by atoms with E-state index in [1.807, 2.05) is 37.3 Å². The number of nitrogens with zero attached hydrogens (tertiary/aromatic N) is 2. The van der Waals surface area contributed by atoms with E-state index in [-0.39, 0.29) is 11.5 Å². The van der Waals surface area contributed by atoms with Crippen LogP contribution in [0.4, 0.5) is 0 Å². The number of para-hydroxylation sites is 1. The molecule has 0 bridgehead atoms. The highest BCUT2D eigenvalue weighted by Gasteiger charge is 2.32. The third kappa shape index (κ3) is 6.83. The predicted octanol–water partition coefficient (Wildman–Crippen LogP) is 3.16. The molecular weight excluding hydrogens is 458 g/mol. The summed E-state index contributed by atoms with van der Waals surface area (Å²) in [6, 6.07) is 15.1. The molecule has 9 heteroatoms. The number of aliphatic hydroxyl groups is 1. The second kappa shape index (κ2) is 11.2. The lowest BCUT2D eigenvalue weighted by atomic mass is 10.1. The van der Waals surface area contributed by atoms with E-state index in [1.54, 1.807) is 43.3 Å². The van der Waals surface area contributed by atoms with Crippen LogP contribution in [0.15, 0.2) is 54.6 Å². The van der Waals surface area contributed by atoms with E-state index in [4.69, 9.17) is 0 Å². The zero-order valence-electron chi connectivity index (χ0n) is 19.1. The van der Waals surface area contributed by atoms with Crippen LogP contribution in [0.1, 0.15) is 36.4 Å². The van der Waals surface area contributed by atoms with Crippen LogP contribution in [0.25, 0.3) is 10.2 Å². The molecule has 0 aliphatic rings. The molecule has 2 aromatic carbocycles. The number of aromatic nitrogens is 1. The molecule has 178 valence electrons. The van der Waals surface area contributed by atoms with Crippen molar-refractivity contribution in [3.63, 3.8) is 0 Å². The Morgan fingerprint density at radius 2 is 1.79 bits per heavy atom. The third-order valence-corrected chi connectivity index (χ3v) is 8.14. The standard InChI is InChI=1S/C24H31N3O4S2/c1-4-10-19(22(28)24-26-18-13-8-9-14-21(18)32-24)25-23(29)20(27(2)3)16-33(30,31)15-17-11-6-5-7-12-17/h5-9,11-14,19-20,22,28H,4,10,15-16H2,1-3H3,(H,25,29)/t19?,20?,22-/m1/s1. The first-order chi connectivity index (χ1) is 15.7. The maximum atomic E-state index is 13.2. The van der Waals surface area contributed by atoms with Gasteiger partial charge in [0.25, 0.3) is 0 Å². The van der Waals surface area contributed by atoms with Crippen LogP contribution in [0.2, 0.25) is 0 Å². The molecule has 0 saturated carbocycles. The molecule has 7 nitrogen and oxygen atoms in total. The van der Waals surface area contributed by atoms with Gasteiger partial charge in [0.1, 0.15) is 17.2 Å². The van der Waals surface area contributed by atoms with Gasteiger partial charge in [-0.15, -0.1) is 11.3 Å². The molecule has 1 aromatic heterocycles. The predicted molar refractivity (Wildman–Crippen MR) is 133 cm³/mol. The molecule has 0 aliphatic carbocycles. The monoisotopic (exact) mass is 489 g/mol. The molecule has 0 fully saturated rings. The number of hydrogen-bond acceptors (Lipinski definition) is 7. The maximum absolute atomic E-state index is 13.2. The molecule has 33 heavy (non-hydrogen) atoms. The molecule has 1 amide bonds. The Hall–Kier alpha value is -2.33. The van der Waals surface area contributed by atoms with Crippen molar-refractivity contribution in [2.75, 3.05) is 19.8 Å². The fraction of sp³-hybridized carbons (Fsp3) is 0.417. The molecule has 1 heterocycles. The molecule has 0 aliphatic heterocycles. The molecule has 2 unspecified atom stereocenters. The van der Waals surface area contributed by atoms with Gasteiger partial charge in [0.15, 0.2) is 9.84 Å². The SMILES string of the molecule is CCCC(NC(=O)C(CS(=O)(=O)Cc1ccccc1)N(C)C)[C@@H](O)c1nc2ccccc2s1. The van der Waals surface area contributed by atoms with Crippen LogP contribution >= 0.6 is 11.3 Å². The van der Waals surface area contributed by atoms with Gasteiger partial charge >= 0.3 is 0 Å². The molecular formula is C24H31N3O4S2. The van der Waals surface area contributed by atoms with Gasteiger partial charge in [0, 0.05) is 0 Å². The first-order valence-corrected chi connectivity index (χ1v) is 13.6. The summed E-state index contributed by atoms with van der Waals surface area (Å²) in [6.07, 6.45) is 0.307. The van der Waals surface area contributed by atoms with Crippen molar-refractivity contribution < 1.29 is 18.3 Å². The summed E-state index contributed by atoms with van der Waals surface area (Å²) >= 11 is 1.39. The second-order valence-electron chi connectivity index (χ2n) is 8.39. The number of likely N-dealkylation sites (N-methyl/N-ethyl adjacent to an activating group) is 1. The summed E-state index contributed by atoms with van der Waals surface area (Å²) in [5.74, 6) is -0.857. The van der Waals surface area contributed by atoms with Gasteiger partial charge in [-0.2, -0.15) is 0 Å². The maximum Gasteiger partial charge on any atom is 0.238 e. The summed E-state index contributed by atoms with van der Waals surface area (Å²) < 4.78 is 26.6. The van der Waals surface area contributed by atoms with Crippen molar-refractivity contribution in [3.05, 3.63) is 65.2 Å². The van der Waals surface area contributed by atoms with E-state index in [2.05, 4.69) is 10.3 Å². The second-order valence-corrected chi connectivity index (χ2v) is 11.6. The van der Waals surface area contributed by atoms with Crippen LogP contribution in [0, 0.1) is 0 Å². The highest BCUT2D eigenvalue weighted by atomic mass is 32.2. The fourth-order valence-electron chi connectivity index (χ4n) is 3.67. The Kier molecular flexibility index (Phi) is 8.58. The van der Waals surface area contributed by atoms with Gasteiger partial charge in [-0.25, -0.2) is 13.4 Å². The number of aliphatic hydroxyl groups excluding tert-OH is 1. The molecule has 3 atom stereocenters. The summed E-state index contributed by atoms with van der Waals surface area (Å²) in [6.45, 7) is 1.97. The number of fused-ring (bicyclic) bond motifs is 1. The largest absolute Gasteiger partial charge is 0.384 e. The molecule has 3 rings (SSSR count). The van der Waals surface area contributed by atoms with E-state index < -0.39 is 33.9 Å². The Labute approximate surface area is 199 Å². The average molecular weight is 490 g/mol. The van der Waals surface area contributed by atoms with Crippen LogP contribution in [0.3, 0.4) is 0 Å². The van der Waals surface area contributed by atoms with Crippen molar-refractivity contribution in [3.8, 4) is 0 Å². The lowest BCUT2D eigenvalue weighted by molar-refractivity contribution is -0.126. The van der Waals surface area contributed by atoms with Crippen LogP contribution < -0.4 is 5.32 Å². The fourth-order valence-corrected chi connectivity index (χ4v) is 6.44. The zero-order chi connectivity index (χ0) is 24.0. The van der Waals surface area contributed by atoms with E-state index in [0.29, 0.717) is 17.0 Å². The van der Waals surface area contributed by atoms with E-state index in [0.717, 1.165) is 16.6 Å². The van der Waals surface area contributed by atoms with Gasteiger partial charge in [-0.1, -0.05) is 55.8 Å². The van der Waals surface area contributed by atoms with Gasteiger partial charge < -0.3 is 10.4 Å². The van der Waals surface area contributed by atoms with Crippen molar-refractivity contribution in [1.29, 1.82) is 0 Å². The number of amides is 1. The van der Waals surface area contributed by atoms with Crippen LogP contribution in [0.5, 0.6) is 0 Å². The molecule has 0 radical (unpaired) electrons. The minimum absolute atomic E-state index is 0.127. The Balaban J connectivity index is 1.74. The molecule has 2 N–H and O–H groups in total. The van der Waals surface area contributed by atoms with Crippen molar-refractivity contribution >= 4 is 37.3 Å². The summed E-state index contributed by atoms with van der Waals surface area (Å²) in [5.41, 5.74) is 1.49. The van der Waals surface area contributed by atoms with Crippen LogP contribution in [-0.4, -0.2) is 61.2 Å². The first kappa shape index (κ1) is 25.3. The van der Waals surface area contributed by atoms with E-state index in [9.17, 15) is 18.3 Å². The Bertz CT molecular complexity index is 1130. The quantitative estimate of drug-likeness (QED) is 0.429. The highest BCUT2D eigenvalue weighted by Crippen LogP contribution is 2.29. The Morgan fingerprint density at radius 3 is 2.42 bits per heavy atom. The number of rotatable bonds is 11. The zero-order valence-corrected chi connectivity index (χ0v) is 20.8. The number of carbonyl (C=O) groups is 1. The minimum Gasteiger partial charge on any atom is -0.384 e. The van der Waals surface area contributed by atoms with Gasteiger partial charge in [-0.3, -0.25) is 9.69 Å². The lowest BCUT2D eigenvalue weighted by Gasteiger charge is -2.28. The summed E-state index contributed by atoms with van der Waals surface area (Å²) in [4.78, 5) is 19.3. The summed E-state index contributed by atoms with van der Waals surface area (Å²) in [7, 11) is -0.174. The van der Waals surface area contributed by atoms with Crippen molar-refractivity contribution in [1.82, 2.24) is 15.2 Å². The van der Waals surface area contributed by atoms with Crippen molar-refractivity contribution in [2.45, 2.75) is 43.7 Å². The summed E-state index contributed by atoms with van der Waals surface area (Å²) in [5, 5.41) is 14.4. The average Bonchev–Trinajstić information content (AvgIpc) is 3.21. The number of carbonyl (C=O) groups excluding carboxylic acids is 1.